The zero-order chi connectivity index (χ0) is 10.4. The van der Waals surface area contributed by atoms with Crippen molar-refractivity contribution in [3.8, 4) is 6.07 Å². The highest BCUT2D eigenvalue weighted by Crippen LogP contribution is 2.19. The van der Waals surface area contributed by atoms with Crippen molar-refractivity contribution in [3.05, 3.63) is 28.2 Å². The highest BCUT2D eigenvalue weighted by molar-refractivity contribution is 9.10. The van der Waals surface area contributed by atoms with Gasteiger partial charge in [-0.3, -0.25) is 0 Å². The van der Waals surface area contributed by atoms with Crippen molar-refractivity contribution in [1.29, 1.82) is 5.26 Å². The molecule has 0 aliphatic heterocycles. The van der Waals surface area contributed by atoms with Gasteiger partial charge < -0.3 is 5.32 Å². The summed E-state index contributed by atoms with van der Waals surface area (Å²) in [7, 11) is 0. The second-order valence-electron chi connectivity index (χ2n) is 2.76. The van der Waals surface area contributed by atoms with Crippen LogP contribution in [0.5, 0.6) is 0 Å². The summed E-state index contributed by atoms with van der Waals surface area (Å²) in [4.78, 5) is 0. The maximum atomic E-state index is 8.76. The fourth-order valence-electron chi connectivity index (χ4n) is 1.05. The molecule has 0 aliphatic rings. The van der Waals surface area contributed by atoms with Crippen molar-refractivity contribution in [2.75, 3.05) is 23.9 Å². The van der Waals surface area contributed by atoms with E-state index in [1.807, 2.05) is 12.1 Å². The van der Waals surface area contributed by atoms with Crippen LogP contribution in [0.25, 0.3) is 0 Å². The van der Waals surface area contributed by atoms with Gasteiger partial charge in [0.1, 0.15) is 0 Å². The monoisotopic (exact) mass is 270 g/mol. The lowest BCUT2D eigenvalue weighted by atomic mass is 10.2. The molecule has 14 heavy (non-hydrogen) atoms. The van der Waals surface area contributed by atoms with Crippen molar-refractivity contribution < 1.29 is 0 Å². The van der Waals surface area contributed by atoms with Gasteiger partial charge in [-0.05, 0) is 24.5 Å². The second kappa shape index (κ2) is 5.94. The Morgan fingerprint density at radius 1 is 1.50 bits per heavy atom. The molecule has 1 aromatic carbocycles. The molecule has 0 saturated heterocycles. The van der Waals surface area contributed by atoms with Crippen molar-refractivity contribution in [2.24, 2.45) is 0 Å². The molecule has 1 rings (SSSR count). The first-order valence-corrected chi connectivity index (χ1v) is 6.38. The van der Waals surface area contributed by atoms with Crippen LogP contribution in [-0.4, -0.2) is 18.6 Å². The molecule has 1 N–H and O–H groups in total. The standard InChI is InChI=1S/C10H11BrN2S/c1-14-3-2-13-10-5-8(7-12)4-9(11)6-10/h4-6,13H,2-3H2,1H3. The number of nitrogens with one attached hydrogen (secondary N) is 1. The molecule has 0 bridgehead atoms. The van der Waals surface area contributed by atoms with E-state index in [0.29, 0.717) is 5.56 Å². The minimum atomic E-state index is 0.672. The van der Waals surface area contributed by atoms with E-state index in [1.54, 1.807) is 17.8 Å². The molecule has 0 saturated carbocycles. The number of anilines is 1. The average Bonchev–Trinajstić information content (AvgIpc) is 2.17. The third kappa shape index (κ3) is 3.60. The fourth-order valence-corrected chi connectivity index (χ4v) is 1.85. The van der Waals surface area contributed by atoms with Crippen LogP contribution in [-0.2, 0) is 0 Å². The first-order valence-electron chi connectivity index (χ1n) is 4.20. The molecule has 0 aliphatic carbocycles. The first kappa shape index (κ1) is 11.4. The van der Waals surface area contributed by atoms with Crippen LogP contribution in [0, 0.1) is 11.3 Å². The lowest BCUT2D eigenvalue weighted by Gasteiger charge is -2.05. The van der Waals surface area contributed by atoms with Crippen LogP contribution >= 0.6 is 27.7 Å². The predicted molar refractivity (Wildman–Crippen MR) is 65.7 cm³/mol. The van der Waals surface area contributed by atoms with Crippen molar-refractivity contribution in [2.45, 2.75) is 0 Å². The summed E-state index contributed by atoms with van der Waals surface area (Å²) in [6.07, 6.45) is 2.07. The van der Waals surface area contributed by atoms with Crippen LogP contribution in [0.1, 0.15) is 5.56 Å². The van der Waals surface area contributed by atoms with E-state index < -0.39 is 0 Å². The molecular formula is C10H11BrN2S. The number of hydrogen-bond donors (Lipinski definition) is 1. The fraction of sp³-hybridized carbons (Fsp3) is 0.300. The van der Waals surface area contributed by atoms with Gasteiger partial charge in [0.2, 0.25) is 0 Å². The molecular weight excluding hydrogens is 260 g/mol. The predicted octanol–water partition coefficient (Wildman–Crippen LogP) is 3.10. The molecule has 0 fully saturated rings. The Balaban J connectivity index is 2.68. The number of nitriles is 1. The average molecular weight is 271 g/mol. The first-order chi connectivity index (χ1) is 6.76. The number of nitrogens with zero attached hydrogens (tertiary/aromatic N) is 1. The Bertz CT molecular complexity index is 346. The van der Waals surface area contributed by atoms with Gasteiger partial charge in [0, 0.05) is 22.5 Å². The molecule has 0 radical (unpaired) electrons. The SMILES string of the molecule is CSCCNc1cc(Br)cc(C#N)c1. The molecule has 0 amide bonds. The van der Waals surface area contributed by atoms with Crippen LogP contribution < -0.4 is 5.32 Å². The number of benzene rings is 1. The summed E-state index contributed by atoms with van der Waals surface area (Å²) in [5.74, 6) is 1.06. The van der Waals surface area contributed by atoms with E-state index in [1.165, 1.54) is 0 Å². The molecule has 0 aromatic heterocycles. The highest BCUT2D eigenvalue weighted by atomic mass is 79.9. The van der Waals surface area contributed by atoms with Gasteiger partial charge in [-0.25, -0.2) is 0 Å². The third-order valence-electron chi connectivity index (χ3n) is 1.66. The van der Waals surface area contributed by atoms with Crippen LogP contribution in [0.2, 0.25) is 0 Å². The third-order valence-corrected chi connectivity index (χ3v) is 2.73. The van der Waals surface area contributed by atoms with Crippen LogP contribution in [0.3, 0.4) is 0 Å². The second-order valence-corrected chi connectivity index (χ2v) is 4.66. The molecule has 74 valence electrons. The molecule has 0 spiro atoms. The summed E-state index contributed by atoms with van der Waals surface area (Å²) >= 11 is 5.16. The van der Waals surface area contributed by atoms with Crippen LogP contribution in [0.4, 0.5) is 5.69 Å². The Morgan fingerprint density at radius 2 is 2.29 bits per heavy atom. The summed E-state index contributed by atoms with van der Waals surface area (Å²) in [6.45, 7) is 0.919. The Kier molecular flexibility index (Phi) is 4.85. The minimum absolute atomic E-state index is 0.672. The maximum Gasteiger partial charge on any atom is 0.0992 e. The Morgan fingerprint density at radius 3 is 2.93 bits per heavy atom. The van der Waals surface area contributed by atoms with E-state index in [2.05, 4.69) is 33.6 Å². The van der Waals surface area contributed by atoms with E-state index in [9.17, 15) is 0 Å². The number of halogens is 1. The molecule has 4 heteroatoms. The lowest BCUT2D eigenvalue weighted by molar-refractivity contribution is 1.23. The number of thioether (sulfide) groups is 1. The Labute approximate surface area is 96.8 Å². The topological polar surface area (TPSA) is 35.8 Å². The molecule has 0 atom stereocenters. The summed E-state index contributed by atoms with van der Waals surface area (Å²) in [5, 5.41) is 12.0. The summed E-state index contributed by atoms with van der Waals surface area (Å²) < 4.78 is 0.934. The zero-order valence-electron chi connectivity index (χ0n) is 7.88. The summed E-state index contributed by atoms with van der Waals surface area (Å²) in [6, 6.07) is 7.75. The van der Waals surface area contributed by atoms with Gasteiger partial charge >= 0.3 is 0 Å². The van der Waals surface area contributed by atoms with Gasteiger partial charge in [0.25, 0.3) is 0 Å². The molecule has 0 heterocycles. The zero-order valence-corrected chi connectivity index (χ0v) is 10.3. The molecule has 2 nitrogen and oxygen atoms in total. The van der Waals surface area contributed by atoms with Crippen LogP contribution in [0.15, 0.2) is 22.7 Å². The van der Waals surface area contributed by atoms with E-state index in [0.717, 1.165) is 22.5 Å². The van der Waals surface area contributed by atoms with Gasteiger partial charge in [0.15, 0.2) is 0 Å². The van der Waals surface area contributed by atoms with Crippen molar-refractivity contribution in [3.63, 3.8) is 0 Å². The smallest absolute Gasteiger partial charge is 0.0992 e. The summed E-state index contributed by atoms with van der Waals surface area (Å²) in [5.41, 5.74) is 1.66. The van der Waals surface area contributed by atoms with Gasteiger partial charge in [-0.15, -0.1) is 0 Å². The quantitative estimate of drug-likeness (QED) is 0.855. The number of hydrogen-bond acceptors (Lipinski definition) is 3. The molecule has 1 aromatic rings. The highest BCUT2D eigenvalue weighted by Gasteiger charge is 1.97. The normalized spacial score (nSPS) is 9.50. The van der Waals surface area contributed by atoms with E-state index >= 15 is 0 Å². The van der Waals surface area contributed by atoms with Gasteiger partial charge in [-0.1, -0.05) is 15.9 Å². The lowest BCUT2D eigenvalue weighted by Crippen LogP contribution is -2.03. The Hall–Kier alpha value is -0.660. The minimum Gasteiger partial charge on any atom is -0.384 e. The molecule has 0 unspecified atom stereocenters. The van der Waals surface area contributed by atoms with Gasteiger partial charge in [0.05, 0.1) is 11.6 Å². The van der Waals surface area contributed by atoms with Crippen molar-refractivity contribution in [1.82, 2.24) is 0 Å². The maximum absolute atomic E-state index is 8.76. The van der Waals surface area contributed by atoms with Crippen molar-refractivity contribution >= 4 is 33.4 Å². The van der Waals surface area contributed by atoms with E-state index in [-0.39, 0.29) is 0 Å². The number of rotatable bonds is 4. The van der Waals surface area contributed by atoms with E-state index in [4.69, 9.17) is 5.26 Å². The van der Waals surface area contributed by atoms with Gasteiger partial charge in [-0.2, -0.15) is 17.0 Å². The largest absolute Gasteiger partial charge is 0.384 e.